The minimum Gasteiger partial charge on any atom is -0.493 e. The molecular formula is C30H32N2O10. The Hall–Kier alpha value is -5.00. The summed E-state index contributed by atoms with van der Waals surface area (Å²) in [6.45, 7) is 4.98. The normalized spacial score (nSPS) is 12.1. The van der Waals surface area contributed by atoms with Crippen molar-refractivity contribution in [1.29, 1.82) is 0 Å². The molecule has 0 radical (unpaired) electrons. The van der Waals surface area contributed by atoms with Crippen LogP contribution in [-0.2, 0) is 27.5 Å². The molecule has 0 unspecified atom stereocenters. The molecule has 0 atom stereocenters. The van der Waals surface area contributed by atoms with Gasteiger partial charge in [0.05, 0.1) is 32.8 Å². The van der Waals surface area contributed by atoms with Crippen LogP contribution in [0.3, 0.4) is 0 Å². The molecule has 12 nitrogen and oxygen atoms in total. The van der Waals surface area contributed by atoms with E-state index < -0.39 is 11.9 Å². The van der Waals surface area contributed by atoms with Crippen molar-refractivity contribution in [1.82, 2.24) is 9.88 Å². The zero-order valence-electron chi connectivity index (χ0n) is 23.4. The summed E-state index contributed by atoms with van der Waals surface area (Å²) in [6.07, 6.45) is -0.633. The van der Waals surface area contributed by atoms with E-state index in [0.717, 1.165) is 11.1 Å². The number of aromatic nitrogens is 1. The molecule has 1 amide bonds. The molecule has 1 aliphatic heterocycles. The summed E-state index contributed by atoms with van der Waals surface area (Å²) in [4.78, 5) is 50.9. The second-order valence-electron chi connectivity index (χ2n) is 9.83. The average molecular weight is 581 g/mol. The van der Waals surface area contributed by atoms with E-state index in [1.54, 1.807) is 23.1 Å². The maximum atomic E-state index is 12.4. The highest BCUT2D eigenvalue weighted by molar-refractivity contribution is 6.00. The Labute approximate surface area is 241 Å². The minimum absolute atomic E-state index is 0.0580. The number of nitrogens with one attached hydrogen (secondary N) is 1. The number of ketones is 1. The lowest BCUT2D eigenvalue weighted by Crippen LogP contribution is -2.25. The Morgan fingerprint density at radius 3 is 1.93 bits per heavy atom. The van der Waals surface area contributed by atoms with Gasteiger partial charge in [-0.1, -0.05) is 6.58 Å². The van der Waals surface area contributed by atoms with Gasteiger partial charge in [0.25, 0.3) is 0 Å². The highest BCUT2D eigenvalue weighted by Gasteiger charge is 2.26. The standard InChI is InChI=1S/C30H32N2O10/c1-17(15-41-26-9-18-8-22(23(33)4-6-29(35)36)31-21(18)12-25(26)40-3)16-42-27-11-20-14-32(28(34)5-7-30(37)38)13-19(20)10-24(27)39-2/h8-12,31H,1,4-7,13-16H2,2-3H3,(H,35,36)(H,37,38). The number of carbonyl (C=O) groups is 4. The average Bonchev–Trinajstić information content (AvgIpc) is 3.58. The molecule has 4 rings (SSSR count). The number of fused-ring (bicyclic) bond motifs is 2. The first kappa shape index (κ1) is 30.0. The maximum Gasteiger partial charge on any atom is 0.303 e. The van der Waals surface area contributed by atoms with Gasteiger partial charge in [-0.3, -0.25) is 19.2 Å². The van der Waals surface area contributed by atoms with E-state index in [2.05, 4.69) is 11.6 Å². The number of hydrogen-bond donors (Lipinski definition) is 3. The van der Waals surface area contributed by atoms with Crippen LogP contribution in [0.4, 0.5) is 0 Å². The second kappa shape index (κ2) is 13.1. The zero-order valence-corrected chi connectivity index (χ0v) is 23.4. The van der Waals surface area contributed by atoms with Gasteiger partial charge < -0.3 is 39.0 Å². The number of carbonyl (C=O) groups excluding carboxylic acids is 2. The summed E-state index contributed by atoms with van der Waals surface area (Å²) >= 11 is 0. The van der Waals surface area contributed by atoms with Gasteiger partial charge in [-0.05, 0) is 41.0 Å². The van der Waals surface area contributed by atoms with Gasteiger partial charge >= 0.3 is 11.9 Å². The third kappa shape index (κ3) is 7.19. The molecule has 0 saturated heterocycles. The van der Waals surface area contributed by atoms with Gasteiger partial charge in [0.2, 0.25) is 5.91 Å². The van der Waals surface area contributed by atoms with Crippen molar-refractivity contribution in [2.45, 2.75) is 38.8 Å². The molecule has 2 heterocycles. The first-order chi connectivity index (χ1) is 20.1. The van der Waals surface area contributed by atoms with Crippen LogP contribution < -0.4 is 18.9 Å². The molecule has 222 valence electrons. The summed E-state index contributed by atoms with van der Waals surface area (Å²) in [5.41, 5.74) is 3.36. The van der Waals surface area contributed by atoms with Crippen LogP contribution in [0.1, 0.15) is 47.3 Å². The summed E-state index contributed by atoms with van der Waals surface area (Å²) < 4.78 is 22.9. The van der Waals surface area contributed by atoms with Gasteiger partial charge in [0.1, 0.15) is 13.2 Å². The molecule has 0 fully saturated rings. The lowest BCUT2D eigenvalue weighted by atomic mass is 10.1. The highest BCUT2D eigenvalue weighted by atomic mass is 16.5. The number of nitrogens with zero attached hydrogens (tertiary/aromatic N) is 1. The lowest BCUT2D eigenvalue weighted by Gasteiger charge is -2.15. The van der Waals surface area contributed by atoms with E-state index in [1.165, 1.54) is 14.2 Å². The number of carboxylic acid groups (broad SMARTS) is 2. The summed E-state index contributed by atoms with van der Waals surface area (Å²) in [6, 6.07) is 8.69. The topological polar surface area (TPSA) is 165 Å². The van der Waals surface area contributed by atoms with Crippen molar-refractivity contribution in [3.8, 4) is 23.0 Å². The summed E-state index contributed by atoms with van der Waals surface area (Å²) in [5.74, 6) is -0.749. The van der Waals surface area contributed by atoms with Crippen molar-refractivity contribution in [2.24, 2.45) is 0 Å². The number of aromatic amines is 1. The van der Waals surface area contributed by atoms with E-state index in [4.69, 9.17) is 29.2 Å². The predicted octanol–water partition coefficient (Wildman–Crippen LogP) is 3.95. The molecule has 2 aromatic carbocycles. The number of ether oxygens (including phenoxy) is 4. The van der Waals surface area contributed by atoms with Crippen molar-refractivity contribution in [2.75, 3.05) is 27.4 Å². The minimum atomic E-state index is -1.04. The van der Waals surface area contributed by atoms with Gasteiger partial charge in [-0.15, -0.1) is 0 Å². The SMILES string of the molecule is C=C(COc1cc2c(cc1OC)CN(C(=O)CCC(=O)O)C2)COc1cc2cc(C(=O)CCC(=O)O)[nH]c2cc1OC. The smallest absolute Gasteiger partial charge is 0.303 e. The fourth-order valence-corrected chi connectivity index (χ4v) is 4.55. The molecule has 1 aliphatic rings. The third-order valence-corrected chi connectivity index (χ3v) is 6.75. The number of H-pyrrole nitrogens is 1. The Bertz CT molecular complexity index is 1540. The van der Waals surface area contributed by atoms with Gasteiger partial charge in [-0.2, -0.15) is 0 Å². The van der Waals surface area contributed by atoms with Crippen LogP contribution in [0.15, 0.2) is 42.5 Å². The Morgan fingerprint density at radius 2 is 1.33 bits per heavy atom. The Kier molecular flexibility index (Phi) is 9.35. The van der Waals surface area contributed by atoms with E-state index in [9.17, 15) is 19.2 Å². The highest BCUT2D eigenvalue weighted by Crippen LogP contribution is 2.36. The number of Topliss-reactive ketones (excluding diaryl/α,β-unsaturated/α-hetero) is 1. The fourth-order valence-electron chi connectivity index (χ4n) is 4.55. The molecule has 0 saturated carbocycles. The number of rotatable bonds is 15. The summed E-state index contributed by atoms with van der Waals surface area (Å²) in [5, 5.41) is 18.4. The van der Waals surface area contributed by atoms with Crippen molar-refractivity contribution in [3.63, 3.8) is 0 Å². The number of benzene rings is 2. The molecule has 0 aliphatic carbocycles. The third-order valence-electron chi connectivity index (χ3n) is 6.75. The lowest BCUT2D eigenvalue weighted by molar-refractivity contribution is -0.141. The number of methoxy groups -OCH3 is 2. The fraction of sp³-hybridized carbons (Fsp3) is 0.333. The number of amides is 1. The molecule has 3 N–H and O–H groups in total. The molecule has 1 aromatic heterocycles. The first-order valence-corrected chi connectivity index (χ1v) is 13.1. The van der Waals surface area contributed by atoms with Crippen LogP contribution in [0.2, 0.25) is 0 Å². The Balaban J connectivity index is 1.37. The number of carboxylic acids is 2. The van der Waals surface area contributed by atoms with Crippen molar-refractivity contribution < 1.29 is 48.3 Å². The van der Waals surface area contributed by atoms with E-state index >= 15 is 0 Å². The number of aliphatic carboxylic acids is 2. The predicted molar refractivity (Wildman–Crippen MR) is 150 cm³/mol. The van der Waals surface area contributed by atoms with Crippen LogP contribution in [0, 0.1) is 0 Å². The number of hydrogen-bond acceptors (Lipinski definition) is 8. The molecule has 0 spiro atoms. The molecule has 0 bridgehead atoms. The van der Waals surface area contributed by atoms with Crippen LogP contribution in [-0.4, -0.2) is 71.2 Å². The van der Waals surface area contributed by atoms with E-state index in [-0.39, 0.29) is 50.6 Å². The molecule has 12 heteroatoms. The second-order valence-corrected chi connectivity index (χ2v) is 9.83. The van der Waals surface area contributed by atoms with Gasteiger partial charge in [0.15, 0.2) is 28.8 Å². The summed E-state index contributed by atoms with van der Waals surface area (Å²) in [7, 11) is 3.01. The van der Waals surface area contributed by atoms with Gasteiger partial charge in [-0.25, -0.2) is 0 Å². The zero-order chi connectivity index (χ0) is 30.4. The van der Waals surface area contributed by atoms with Gasteiger partial charge in [0, 0.05) is 42.9 Å². The monoisotopic (exact) mass is 580 g/mol. The van der Waals surface area contributed by atoms with Crippen LogP contribution >= 0.6 is 0 Å². The largest absolute Gasteiger partial charge is 0.493 e. The van der Waals surface area contributed by atoms with Crippen molar-refractivity contribution in [3.05, 3.63) is 59.3 Å². The molecule has 3 aromatic rings. The van der Waals surface area contributed by atoms with E-state index in [1.807, 2.05) is 12.1 Å². The van der Waals surface area contributed by atoms with Crippen molar-refractivity contribution >= 4 is 34.5 Å². The van der Waals surface area contributed by atoms with Crippen LogP contribution in [0.5, 0.6) is 23.0 Å². The molecule has 42 heavy (non-hydrogen) atoms. The quantitative estimate of drug-likeness (QED) is 0.177. The molecular weight excluding hydrogens is 548 g/mol. The maximum absolute atomic E-state index is 12.4. The van der Waals surface area contributed by atoms with E-state index in [0.29, 0.717) is 58.3 Å². The Morgan fingerprint density at radius 1 is 0.786 bits per heavy atom. The first-order valence-electron chi connectivity index (χ1n) is 13.1. The van der Waals surface area contributed by atoms with Crippen LogP contribution in [0.25, 0.3) is 10.9 Å².